The van der Waals surface area contributed by atoms with Gasteiger partial charge in [0.1, 0.15) is 17.4 Å². The maximum absolute atomic E-state index is 13.2. The highest BCUT2D eigenvalue weighted by Crippen LogP contribution is 2.17. The van der Waals surface area contributed by atoms with Gasteiger partial charge in [-0.1, -0.05) is 30.3 Å². The number of nitrogens with zero attached hydrogens (tertiary/aromatic N) is 4. The van der Waals surface area contributed by atoms with E-state index in [1.54, 1.807) is 37.3 Å². The molecule has 1 unspecified atom stereocenters. The topological polar surface area (TPSA) is 159 Å². The molecule has 12 nitrogen and oxygen atoms in total. The van der Waals surface area contributed by atoms with Crippen LogP contribution in [-0.2, 0) is 14.3 Å². The third-order valence-corrected chi connectivity index (χ3v) is 5.72. The van der Waals surface area contributed by atoms with Gasteiger partial charge < -0.3 is 25.0 Å². The summed E-state index contributed by atoms with van der Waals surface area (Å²) in [5, 5.41) is 11.7. The molecule has 3 rings (SSSR count). The third kappa shape index (κ3) is 7.32. The number of carboxylic acid groups (broad SMARTS) is 1. The Kier molecular flexibility index (Phi) is 9.25. The average molecular weight is 512 g/mol. The van der Waals surface area contributed by atoms with Crippen LogP contribution >= 0.6 is 0 Å². The van der Waals surface area contributed by atoms with Crippen molar-refractivity contribution in [1.29, 1.82) is 0 Å². The summed E-state index contributed by atoms with van der Waals surface area (Å²) >= 11 is 0. The summed E-state index contributed by atoms with van der Waals surface area (Å²) < 4.78 is 4.98. The van der Waals surface area contributed by atoms with E-state index in [9.17, 15) is 24.0 Å². The molecule has 1 atom stereocenters. The van der Waals surface area contributed by atoms with Crippen molar-refractivity contribution < 1.29 is 33.8 Å². The van der Waals surface area contributed by atoms with Gasteiger partial charge in [0.25, 0.3) is 5.91 Å². The van der Waals surface area contributed by atoms with Crippen molar-refractivity contribution in [1.82, 2.24) is 25.1 Å². The lowest BCUT2D eigenvalue weighted by Crippen LogP contribution is -2.56. The van der Waals surface area contributed by atoms with Crippen LogP contribution in [0.1, 0.15) is 47.7 Å². The van der Waals surface area contributed by atoms with Crippen molar-refractivity contribution >= 4 is 29.7 Å². The molecule has 3 amide bonds. The number of carbonyl (C=O) groups excluding carboxylic acids is 4. The van der Waals surface area contributed by atoms with Gasteiger partial charge in [-0.2, -0.15) is 0 Å². The Labute approximate surface area is 213 Å². The molecule has 196 valence electrons. The molecule has 1 fully saturated rings. The molecule has 1 aromatic heterocycles. The van der Waals surface area contributed by atoms with E-state index in [0.717, 1.165) is 0 Å². The van der Waals surface area contributed by atoms with Crippen LogP contribution in [0.4, 0.5) is 4.79 Å². The Bertz CT molecular complexity index is 1160. The van der Waals surface area contributed by atoms with Crippen molar-refractivity contribution in [2.24, 2.45) is 0 Å². The van der Waals surface area contributed by atoms with Crippen molar-refractivity contribution in [2.45, 2.75) is 32.7 Å². The quantitative estimate of drug-likeness (QED) is 0.477. The molecule has 1 aliphatic heterocycles. The predicted octanol–water partition coefficient (Wildman–Crippen LogP) is 1.61. The smallest absolute Gasteiger partial charge is 0.409 e. The van der Waals surface area contributed by atoms with Crippen LogP contribution in [0.5, 0.6) is 0 Å². The minimum atomic E-state index is -1.14. The van der Waals surface area contributed by atoms with Crippen molar-refractivity contribution in [3.8, 4) is 11.4 Å². The van der Waals surface area contributed by atoms with Crippen LogP contribution in [0.3, 0.4) is 0 Å². The molecule has 2 aromatic rings. The number of hydrogen-bond acceptors (Lipinski definition) is 8. The number of ether oxygens (including phenoxy) is 1. The molecule has 0 aliphatic carbocycles. The number of aromatic nitrogens is 2. The first-order valence-electron chi connectivity index (χ1n) is 11.9. The minimum absolute atomic E-state index is 0.0301. The van der Waals surface area contributed by atoms with Crippen molar-refractivity contribution in [2.75, 3.05) is 32.8 Å². The maximum atomic E-state index is 13.2. The zero-order valence-corrected chi connectivity index (χ0v) is 20.7. The van der Waals surface area contributed by atoms with Crippen LogP contribution < -0.4 is 5.32 Å². The lowest BCUT2D eigenvalue weighted by Gasteiger charge is -2.35. The molecule has 37 heavy (non-hydrogen) atoms. The summed E-state index contributed by atoms with van der Waals surface area (Å²) in [5.74, 6) is -2.53. The second-order valence-corrected chi connectivity index (χ2v) is 8.35. The average Bonchev–Trinajstić information content (AvgIpc) is 2.90. The van der Waals surface area contributed by atoms with Gasteiger partial charge in [0.2, 0.25) is 5.91 Å². The van der Waals surface area contributed by atoms with Gasteiger partial charge >= 0.3 is 12.1 Å². The summed E-state index contributed by atoms with van der Waals surface area (Å²) in [6, 6.07) is 8.89. The molecular formula is C25H29N5O7. The molecule has 2 N–H and O–H groups in total. The number of carboxylic acids is 1. The molecule has 1 saturated heterocycles. The predicted molar refractivity (Wildman–Crippen MR) is 131 cm³/mol. The van der Waals surface area contributed by atoms with E-state index in [4.69, 9.17) is 9.84 Å². The fraction of sp³-hybridized carbons (Fsp3) is 0.400. The second kappa shape index (κ2) is 12.6. The number of rotatable bonds is 9. The molecular weight excluding hydrogens is 482 g/mol. The zero-order valence-electron chi connectivity index (χ0n) is 20.7. The number of hydrogen-bond donors (Lipinski definition) is 2. The summed E-state index contributed by atoms with van der Waals surface area (Å²) in [6.07, 6.45) is -0.963. The summed E-state index contributed by atoms with van der Waals surface area (Å²) in [6.45, 7) is 4.16. The first-order chi connectivity index (χ1) is 17.7. The van der Waals surface area contributed by atoms with Crippen LogP contribution in [0.15, 0.2) is 36.4 Å². The van der Waals surface area contributed by atoms with E-state index in [0.29, 0.717) is 5.56 Å². The third-order valence-electron chi connectivity index (χ3n) is 5.72. The van der Waals surface area contributed by atoms with E-state index in [-0.39, 0.29) is 68.6 Å². The van der Waals surface area contributed by atoms with Gasteiger partial charge in [0, 0.05) is 45.1 Å². The Morgan fingerprint density at radius 3 is 2.22 bits per heavy atom. The lowest BCUT2D eigenvalue weighted by atomic mass is 10.1. The largest absolute Gasteiger partial charge is 0.481 e. The van der Waals surface area contributed by atoms with Crippen LogP contribution in [-0.4, -0.2) is 93.4 Å². The number of amides is 3. The second-order valence-electron chi connectivity index (χ2n) is 8.35. The number of carbonyl (C=O) groups is 5. The van der Waals surface area contributed by atoms with Crippen molar-refractivity contribution in [3.05, 3.63) is 47.8 Å². The van der Waals surface area contributed by atoms with Gasteiger partial charge in [-0.05, 0) is 19.4 Å². The number of aliphatic carboxylic acids is 1. The van der Waals surface area contributed by atoms with Gasteiger partial charge in [-0.3, -0.25) is 19.2 Å². The standard InChI is InChI=1S/C25H29N5O7/c1-3-37-25(36)30-13-11-29(12-14-30)24(35)18(9-10-21(32)33)28-23(34)20-15-19(16(2)31)26-22(27-20)17-7-5-4-6-8-17/h4-8,15,18H,3,9-14H2,1-2H3,(H,28,34)(H,32,33). The summed E-state index contributed by atoms with van der Waals surface area (Å²) in [5.41, 5.74) is 0.499. The van der Waals surface area contributed by atoms with Gasteiger partial charge in [0.05, 0.1) is 6.61 Å². The monoisotopic (exact) mass is 511 g/mol. The van der Waals surface area contributed by atoms with E-state index >= 15 is 0 Å². The normalized spacial score (nSPS) is 14.0. The molecule has 1 aliphatic rings. The SMILES string of the molecule is CCOC(=O)N1CCN(C(=O)C(CCC(=O)O)NC(=O)c2cc(C(C)=O)nc(-c3ccccc3)n2)CC1. The van der Waals surface area contributed by atoms with Gasteiger partial charge in [0.15, 0.2) is 11.6 Å². The van der Waals surface area contributed by atoms with Crippen LogP contribution in [0.2, 0.25) is 0 Å². The van der Waals surface area contributed by atoms with E-state index < -0.39 is 29.9 Å². The fourth-order valence-electron chi connectivity index (χ4n) is 3.76. The van der Waals surface area contributed by atoms with E-state index in [1.807, 2.05) is 0 Å². The highest BCUT2D eigenvalue weighted by molar-refractivity contribution is 5.99. The van der Waals surface area contributed by atoms with Crippen LogP contribution in [0.25, 0.3) is 11.4 Å². The first kappa shape index (κ1) is 27.2. The number of Topliss-reactive ketones (excluding diaryl/α,β-unsaturated/α-hetero) is 1. The fourth-order valence-corrected chi connectivity index (χ4v) is 3.76. The summed E-state index contributed by atoms with van der Waals surface area (Å²) in [4.78, 5) is 73.0. The number of nitrogens with one attached hydrogen (secondary N) is 1. The van der Waals surface area contributed by atoms with Gasteiger partial charge in [-0.15, -0.1) is 0 Å². The molecule has 0 spiro atoms. The van der Waals surface area contributed by atoms with Gasteiger partial charge in [-0.25, -0.2) is 14.8 Å². The highest BCUT2D eigenvalue weighted by atomic mass is 16.6. The maximum Gasteiger partial charge on any atom is 0.409 e. The zero-order chi connectivity index (χ0) is 26.9. The van der Waals surface area contributed by atoms with Crippen molar-refractivity contribution in [3.63, 3.8) is 0 Å². The molecule has 1 aromatic carbocycles. The Hall–Kier alpha value is -4.35. The Balaban J connectivity index is 1.79. The van der Waals surface area contributed by atoms with E-state index in [2.05, 4.69) is 15.3 Å². The van der Waals surface area contributed by atoms with Crippen LogP contribution in [0, 0.1) is 0 Å². The molecule has 2 heterocycles. The number of benzene rings is 1. The highest BCUT2D eigenvalue weighted by Gasteiger charge is 2.31. The first-order valence-corrected chi connectivity index (χ1v) is 11.9. The molecule has 0 radical (unpaired) electrons. The minimum Gasteiger partial charge on any atom is -0.481 e. The molecule has 0 bridgehead atoms. The lowest BCUT2D eigenvalue weighted by molar-refractivity contribution is -0.138. The Morgan fingerprint density at radius 1 is 1.00 bits per heavy atom. The molecule has 0 saturated carbocycles. The number of ketones is 1. The Morgan fingerprint density at radius 2 is 1.62 bits per heavy atom. The molecule has 12 heteroatoms. The number of piperazine rings is 1. The summed E-state index contributed by atoms with van der Waals surface area (Å²) in [7, 11) is 0. The van der Waals surface area contributed by atoms with E-state index in [1.165, 1.54) is 22.8 Å².